The summed E-state index contributed by atoms with van der Waals surface area (Å²) < 4.78 is 1.03. The lowest BCUT2D eigenvalue weighted by Crippen LogP contribution is -2.24. The van der Waals surface area contributed by atoms with E-state index in [1.54, 1.807) is 6.20 Å². The van der Waals surface area contributed by atoms with Crippen molar-refractivity contribution in [2.24, 2.45) is 0 Å². The smallest absolute Gasteiger partial charge is 0.227 e. The number of nitrogens with zero attached hydrogens (tertiary/aromatic N) is 3. The molecule has 1 aromatic heterocycles. The summed E-state index contributed by atoms with van der Waals surface area (Å²) in [5.74, 6) is 1.51. The Morgan fingerprint density at radius 2 is 1.88 bits per heavy atom. The lowest BCUT2D eigenvalue weighted by molar-refractivity contribution is 0.792. The first-order valence-electron chi connectivity index (χ1n) is 7.89. The molecule has 0 unspecified atom stereocenters. The Labute approximate surface area is 150 Å². The molecule has 0 radical (unpaired) electrons. The molecule has 0 amide bonds. The van der Waals surface area contributed by atoms with E-state index in [0.717, 1.165) is 35.0 Å². The molecule has 122 valence electrons. The number of nitrogens with one attached hydrogen (secondary N) is 1. The Balaban J connectivity index is 1.78. The van der Waals surface area contributed by atoms with Gasteiger partial charge < -0.3 is 10.2 Å². The molecule has 0 saturated carbocycles. The number of hydrogen-bond acceptors (Lipinski definition) is 4. The van der Waals surface area contributed by atoms with Gasteiger partial charge in [0.15, 0.2) is 0 Å². The van der Waals surface area contributed by atoms with Crippen molar-refractivity contribution in [1.82, 2.24) is 9.97 Å². The summed E-state index contributed by atoms with van der Waals surface area (Å²) in [5, 5.41) is 3.32. The van der Waals surface area contributed by atoms with Gasteiger partial charge in [-0.15, -0.1) is 0 Å². The lowest BCUT2D eigenvalue weighted by Gasteiger charge is -2.21. The minimum atomic E-state index is 0.723. The molecule has 0 spiro atoms. The molecule has 2 aromatic carbocycles. The van der Waals surface area contributed by atoms with Crippen LogP contribution in [0.4, 0.5) is 17.5 Å². The molecule has 0 aliphatic heterocycles. The molecule has 24 heavy (non-hydrogen) atoms. The fourth-order valence-corrected chi connectivity index (χ4v) is 2.81. The van der Waals surface area contributed by atoms with E-state index in [1.807, 2.05) is 36.4 Å². The van der Waals surface area contributed by atoms with Gasteiger partial charge in [0.1, 0.15) is 5.82 Å². The van der Waals surface area contributed by atoms with E-state index in [1.165, 1.54) is 5.56 Å². The Bertz CT molecular complexity index is 792. The first kappa shape index (κ1) is 16.5. The second-order valence-corrected chi connectivity index (χ2v) is 6.29. The predicted octanol–water partition coefficient (Wildman–Crippen LogP) is 5.01. The zero-order chi connectivity index (χ0) is 16.8. The maximum Gasteiger partial charge on any atom is 0.227 e. The SMILES string of the molecule is CCN(Cc1ccccc1)c1nccc(Nc2cccc(Br)c2)n1. The van der Waals surface area contributed by atoms with Gasteiger partial charge in [0, 0.05) is 29.4 Å². The normalized spacial score (nSPS) is 10.4. The van der Waals surface area contributed by atoms with E-state index in [-0.39, 0.29) is 0 Å². The first-order chi connectivity index (χ1) is 11.7. The summed E-state index contributed by atoms with van der Waals surface area (Å²) in [7, 11) is 0. The zero-order valence-corrected chi connectivity index (χ0v) is 15.1. The van der Waals surface area contributed by atoms with Crippen LogP contribution in [0, 0.1) is 0 Å². The molecule has 0 aliphatic rings. The third-order valence-electron chi connectivity index (χ3n) is 3.62. The van der Waals surface area contributed by atoms with Crippen molar-refractivity contribution in [1.29, 1.82) is 0 Å². The van der Waals surface area contributed by atoms with E-state index in [9.17, 15) is 0 Å². The Kier molecular flexibility index (Phi) is 5.43. The molecule has 0 aliphatic carbocycles. The van der Waals surface area contributed by atoms with Gasteiger partial charge in [0.25, 0.3) is 0 Å². The van der Waals surface area contributed by atoms with Gasteiger partial charge in [-0.1, -0.05) is 52.3 Å². The molecular formula is C19H19BrN4. The molecule has 0 saturated heterocycles. The summed E-state index contributed by atoms with van der Waals surface area (Å²) in [6.07, 6.45) is 1.79. The lowest BCUT2D eigenvalue weighted by atomic mass is 10.2. The summed E-state index contributed by atoms with van der Waals surface area (Å²) in [6, 6.07) is 20.2. The molecular weight excluding hydrogens is 364 g/mol. The Morgan fingerprint density at radius 1 is 1.04 bits per heavy atom. The molecule has 0 fully saturated rings. The number of anilines is 3. The molecule has 3 rings (SSSR count). The number of rotatable bonds is 6. The molecule has 0 bridgehead atoms. The van der Waals surface area contributed by atoms with Crippen LogP contribution in [0.5, 0.6) is 0 Å². The summed E-state index contributed by atoms with van der Waals surface area (Å²) in [4.78, 5) is 11.2. The van der Waals surface area contributed by atoms with Crippen molar-refractivity contribution in [2.45, 2.75) is 13.5 Å². The van der Waals surface area contributed by atoms with Gasteiger partial charge >= 0.3 is 0 Å². The largest absolute Gasteiger partial charge is 0.340 e. The fraction of sp³-hybridized carbons (Fsp3) is 0.158. The number of aromatic nitrogens is 2. The second kappa shape index (κ2) is 7.93. The molecule has 3 aromatic rings. The van der Waals surface area contributed by atoms with Gasteiger partial charge in [0.05, 0.1) is 0 Å². The maximum atomic E-state index is 4.65. The highest BCUT2D eigenvalue weighted by atomic mass is 79.9. The molecule has 1 N–H and O–H groups in total. The van der Waals surface area contributed by atoms with Gasteiger partial charge in [-0.2, -0.15) is 4.98 Å². The van der Waals surface area contributed by atoms with Crippen LogP contribution in [0.1, 0.15) is 12.5 Å². The molecule has 4 nitrogen and oxygen atoms in total. The summed E-state index contributed by atoms with van der Waals surface area (Å²) in [5.41, 5.74) is 2.23. The topological polar surface area (TPSA) is 41.1 Å². The fourth-order valence-electron chi connectivity index (χ4n) is 2.41. The first-order valence-corrected chi connectivity index (χ1v) is 8.68. The van der Waals surface area contributed by atoms with Crippen LogP contribution in [0.15, 0.2) is 71.3 Å². The second-order valence-electron chi connectivity index (χ2n) is 5.38. The van der Waals surface area contributed by atoms with Crippen molar-refractivity contribution < 1.29 is 0 Å². The minimum absolute atomic E-state index is 0.723. The van der Waals surface area contributed by atoms with Crippen LogP contribution in [0.25, 0.3) is 0 Å². The highest BCUT2D eigenvalue weighted by Gasteiger charge is 2.09. The maximum absolute atomic E-state index is 4.65. The van der Waals surface area contributed by atoms with E-state index in [0.29, 0.717) is 0 Å². The molecule has 1 heterocycles. The van der Waals surface area contributed by atoms with Gasteiger partial charge in [-0.25, -0.2) is 4.98 Å². The third-order valence-corrected chi connectivity index (χ3v) is 4.11. The van der Waals surface area contributed by atoms with Crippen LogP contribution in [0.3, 0.4) is 0 Å². The number of halogens is 1. The van der Waals surface area contributed by atoms with Gasteiger partial charge in [-0.05, 0) is 36.8 Å². The Morgan fingerprint density at radius 3 is 2.62 bits per heavy atom. The molecule has 0 atom stereocenters. The quantitative estimate of drug-likeness (QED) is 0.650. The monoisotopic (exact) mass is 382 g/mol. The zero-order valence-electron chi connectivity index (χ0n) is 13.5. The molecule has 5 heteroatoms. The highest BCUT2D eigenvalue weighted by Crippen LogP contribution is 2.21. The van der Waals surface area contributed by atoms with Crippen LogP contribution in [-0.4, -0.2) is 16.5 Å². The van der Waals surface area contributed by atoms with E-state index < -0.39 is 0 Å². The summed E-state index contributed by atoms with van der Waals surface area (Å²) >= 11 is 3.48. The predicted molar refractivity (Wildman–Crippen MR) is 103 cm³/mol. The summed E-state index contributed by atoms with van der Waals surface area (Å²) in [6.45, 7) is 3.74. The van der Waals surface area contributed by atoms with Crippen molar-refractivity contribution in [3.05, 3.63) is 76.9 Å². The van der Waals surface area contributed by atoms with Crippen LogP contribution in [-0.2, 0) is 6.54 Å². The van der Waals surface area contributed by atoms with Crippen molar-refractivity contribution in [2.75, 3.05) is 16.8 Å². The van der Waals surface area contributed by atoms with Crippen molar-refractivity contribution in [3.8, 4) is 0 Å². The van der Waals surface area contributed by atoms with Crippen molar-refractivity contribution in [3.63, 3.8) is 0 Å². The average Bonchev–Trinajstić information content (AvgIpc) is 2.61. The van der Waals surface area contributed by atoms with Gasteiger partial charge in [0.2, 0.25) is 5.95 Å². The van der Waals surface area contributed by atoms with Gasteiger partial charge in [-0.3, -0.25) is 0 Å². The average molecular weight is 383 g/mol. The van der Waals surface area contributed by atoms with E-state index in [4.69, 9.17) is 0 Å². The van der Waals surface area contributed by atoms with E-state index in [2.05, 4.69) is 67.3 Å². The highest BCUT2D eigenvalue weighted by molar-refractivity contribution is 9.10. The van der Waals surface area contributed by atoms with Crippen LogP contribution >= 0.6 is 15.9 Å². The van der Waals surface area contributed by atoms with E-state index >= 15 is 0 Å². The van der Waals surface area contributed by atoms with Crippen LogP contribution < -0.4 is 10.2 Å². The number of benzene rings is 2. The standard InChI is InChI=1S/C19H19BrN4/c1-2-24(14-15-7-4-3-5-8-15)19-21-12-11-18(23-19)22-17-10-6-9-16(20)13-17/h3-13H,2,14H2,1H3,(H,21,22,23). The Hall–Kier alpha value is -2.40. The number of hydrogen-bond donors (Lipinski definition) is 1. The van der Waals surface area contributed by atoms with Crippen LogP contribution in [0.2, 0.25) is 0 Å². The minimum Gasteiger partial charge on any atom is -0.340 e. The van der Waals surface area contributed by atoms with Crippen molar-refractivity contribution >= 4 is 33.4 Å². The third kappa shape index (κ3) is 4.32.